The molecule has 1 atom stereocenters. The van der Waals surface area contributed by atoms with Crippen LogP contribution in [0.3, 0.4) is 0 Å². The van der Waals surface area contributed by atoms with Crippen molar-refractivity contribution in [2.75, 3.05) is 6.61 Å². The minimum absolute atomic E-state index is 0.0491. The highest BCUT2D eigenvalue weighted by molar-refractivity contribution is 5.48. The zero-order valence-corrected chi connectivity index (χ0v) is 14.0. The van der Waals surface area contributed by atoms with Gasteiger partial charge in [-0.25, -0.2) is 0 Å². The Morgan fingerprint density at radius 2 is 1.78 bits per heavy atom. The molecule has 0 aliphatic carbocycles. The maximum absolute atomic E-state index is 9.82. The van der Waals surface area contributed by atoms with Crippen molar-refractivity contribution in [3.8, 4) is 5.75 Å². The van der Waals surface area contributed by atoms with Crippen LogP contribution in [0.15, 0.2) is 71.8 Å². The number of allylic oxidation sites excluding steroid dienone is 3. The van der Waals surface area contributed by atoms with Crippen molar-refractivity contribution in [1.82, 2.24) is 0 Å². The lowest BCUT2D eigenvalue weighted by Crippen LogP contribution is -2.05. The van der Waals surface area contributed by atoms with Gasteiger partial charge in [-0.3, -0.25) is 0 Å². The Hall–Kier alpha value is -2.32. The van der Waals surface area contributed by atoms with Gasteiger partial charge in [0, 0.05) is 5.92 Å². The monoisotopic (exact) mass is 308 g/mol. The zero-order valence-electron chi connectivity index (χ0n) is 14.0. The maximum Gasteiger partial charge on any atom is 0.118 e. The quantitative estimate of drug-likeness (QED) is 0.785. The SMILES string of the molecule is C/C=C(\C=C(\C)CO)C(c1ccccc1)c1ccc(O)c(C)c1. The predicted octanol–water partition coefficient (Wildman–Crippen LogP) is 4.72. The standard InChI is InChI=1S/C21H24O2/c1-4-17(12-15(2)14-22)21(18-8-6-5-7-9-18)19-10-11-20(23)16(3)13-19/h4-13,21-23H,14H2,1-3H3/b15-12-,17-4+. The van der Waals surface area contributed by atoms with Crippen molar-refractivity contribution < 1.29 is 10.2 Å². The van der Waals surface area contributed by atoms with Gasteiger partial charge in [0.25, 0.3) is 0 Å². The Bertz CT molecular complexity index is 712. The second kappa shape index (κ2) is 7.80. The molecular weight excluding hydrogens is 284 g/mol. The van der Waals surface area contributed by atoms with E-state index in [1.54, 1.807) is 6.07 Å². The summed E-state index contributed by atoms with van der Waals surface area (Å²) in [5, 5.41) is 19.2. The first-order valence-electron chi connectivity index (χ1n) is 7.85. The van der Waals surface area contributed by atoms with Crippen molar-refractivity contribution in [2.24, 2.45) is 0 Å². The first kappa shape index (κ1) is 17.0. The number of aliphatic hydroxyl groups is 1. The second-order valence-electron chi connectivity index (χ2n) is 5.83. The summed E-state index contributed by atoms with van der Waals surface area (Å²) >= 11 is 0. The number of rotatable bonds is 5. The lowest BCUT2D eigenvalue weighted by atomic mass is 9.83. The summed E-state index contributed by atoms with van der Waals surface area (Å²) in [5.41, 5.74) is 5.23. The van der Waals surface area contributed by atoms with Crippen LogP contribution >= 0.6 is 0 Å². The Morgan fingerprint density at radius 1 is 1.09 bits per heavy atom. The van der Waals surface area contributed by atoms with Crippen LogP contribution in [0.5, 0.6) is 5.75 Å². The molecule has 120 valence electrons. The Morgan fingerprint density at radius 3 is 2.35 bits per heavy atom. The van der Waals surface area contributed by atoms with Crippen molar-refractivity contribution in [3.05, 3.63) is 88.5 Å². The van der Waals surface area contributed by atoms with Crippen LogP contribution in [0, 0.1) is 6.92 Å². The van der Waals surface area contributed by atoms with E-state index in [1.165, 1.54) is 5.56 Å². The van der Waals surface area contributed by atoms with Gasteiger partial charge in [-0.2, -0.15) is 0 Å². The van der Waals surface area contributed by atoms with Gasteiger partial charge in [0.15, 0.2) is 0 Å². The van der Waals surface area contributed by atoms with E-state index in [0.717, 1.165) is 22.3 Å². The predicted molar refractivity (Wildman–Crippen MR) is 95.7 cm³/mol. The van der Waals surface area contributed by atoms with Gasteiger partial charge in [0.1, 0.15) is 5.75 Å². The summed E-state index contributed by atoms with van der Waals surface area (Å²) in [6.07, 6.45) is 4.12. The van der Waals surface area contributed by atoms with E-state index in [-0.39, 0.29) is 12.5 Å². The molecule has 0 heterocycles. The molecule has 2 aromatic rings. The normalized spacial score (nSPS) is 13.9. The molecule has 2 nitrogen and oxygen atoms in total. The van der Waals surface area contributed by atoms with Gasteiger partial charge in [-0.15, -0.1) is 0 Å². The lowest BCUT2D eigenvalue weighted by molar-refractivity contribution is 0.331. The third-order valence-corrected chi connectivity index (χ3v) is 4.02. The van der Waals surface area contributed by atoms with E-state index in [9.17, 15) is 10.2 Å². The highest BCUT2D eigenvalue weighted by Crippen LogP contribution is 2.35. The summed E-state index contributed by atoms with van der Waals surface area (Å²) in [5.74, 6) is 0.381. The van der Waals surface area contributed by atoms with E-state index in [4.69, 9.17) is 0 Å². The number of aliphatic hydroxyl groups excluding tert-OH is 1. The molecule has 0 spiro atoms. The zero-order chi connectivity index (χ0) is 16.8. The summed E-state index contributed by atoms with van der Waals surface area (Å²) in [4.78, 5) is 0. The molecule has 0 fully saturated rings. The largest absolute Gasteiger partial charge is 0.508 e. The average molecular weight is 308 g/mol. The number of benzene rings is 2. The van der Waals surface area contributed by atoms with Crippen LogP contribution in [-0.2, 0) is 0 Å². The smallest absolute Gasteiger partial charge is 0.118 e. The average Bonchev–Trinajstić information content (AvgIpc) is 2.58. The number of phenolic OH excluding ortho intramolecular Hbond substituents is 1. The van der Waals surface area contributed by atoms with Crippen LogP contribution in [0.4, 0.5) is 0 Å². The molecule has 0 aromatic heterocycles. The molecule has 2 aromatic carbocycles. The van der Waals surface area contributed by atoms with Gasteiger partial charge < -0.3 is 10.2 Å². The van der Waals surface area contributed by atoms with E-state index < -0.39 is 0 Å². The molecule has 0 radical (unpaired) electrons. The van der Waals surface area contributed by atoms with Gasteiger partial charge >= 0.3 is 0 Å². The van der Waals surface area contributed by atoms with E-state index in [2.05, 4.69) is 18.2 Å². The molecule has 0 bridgehead atoms. The van der Waals surface area contributed by atoms with Crippen LogP contribution < -0.4 is 0 Å². The number of phenols is 1. The van der Waals surface area contributed by atoms with E-state index in [1.807, 2.05) is 57.2 Å². The van der Waals surface area contributed by atoms with Crippen molar-refractivity contribution in [1.29, 1.82) is 0 Å². The molecule has 0 saturated carbocycles. The Kier molecular flexibility index (Phi) is 5.78. The lowest BCUT2D eigenvalue weighted by Gasteiger charge is -2.21. The molecule has 2 N–H and O–H groups in total. The molecule has 0 saturated heterocycles. The summed E-state index contributed by atoms with van der Waals surface area (Å²) in [6, 6.07) is 16.0. The number of aromatic hydroxyl groups is 1. The number of hydrogen-bond acceptors (Lipinski definition) is 2. The molecular formula is C21H24O2. The van der Waals surface area contributed by atoms with Crippen LogP contribution in [0.25, 0.3) is 0 Å². The highest BCUT2D eigenvalue weighted by Gasteiger charge is 2.18. The molecule has 0 amide bonds. The van der Waals surface area contributed by atoms with Crippen LogP contribution in [0.2, 0.25) is 0 Å². The van der Waals surface area contributed by atoms with Crippen LogP contribution in [0.1, 0.15) is 36.5 Å². The first-order chi connectivity index (χ1) is 11.1. The fraction of sp³-hybridized carbons (Fsp3) is 0.238. The molecule has 23 heavy (non-hydrogen) atoms. The van der Waals surface area contributed by atoms with Crippen molar-refractivity contribution in [3.63, 3.8) is 0 Å². The van der Waals surface area contributed by atoms with E-state index in [0.29, 0.717) is 5.75 Å². The summed E-state index contributed by atoms with van der Waals surface area (Å²) < 4.78 is 0. The molecule has 2 heteroatoms. The second-order valence-corrected chi connectivity index (χ2v) is 5.83. The van der Waals surface area contributed by atoms with Crippen LogP contribution in [-0.4, -0.2) is 16.8 Å². The Balaban J connectivity index is 2.58. The summed E-state index contributed by atoms with van der Waals surface area (Å²) in [6.45, 7) is 5.89. The van der Waals surface area contributed by atoms with Crippen molar-refractivity contribution >= 4 is 0 Å². The minimum Gasteiger partial charge on any atom is -0.508 e. The molecule has 0 aliphatic heterocycles. The van der Waals surface area contributed by atoms with Gasteiger partial charge in [0.05, 0.1) is 6.61 Å². The minimum atomic E-state index is 0.0491. The third kappa shape index (κ3) is 4.11. The fourth-order valence-corrected chi connectivity index (χ4v) is 2.74. The maximum atomic E-state index is 9.82. The van der Waals surface area contributed by atoms with E-state index >= 15 is 0 Å². The first-order valence-corrected chi connectivity index (χ1v) is 7.85. The highest BCUT2D eigenvalue weighted by atomic mass is 16.3. The number of hydrogen-bond donors (Lipinski definition) is 2. The molecule has 0 aliphatic rings. The van der Waals surface area contributed by atoms with Crippen molar-refractivity contribution in [2.45, 2.75) is 26.7 Å². The summed E-state index contributed by atoms with van der Waals surface area (Å²) in [7, 11) is 0. The van der Waals surface area contributed by atoms with Gasteiger partial charge in [0.2, 0.25) is 0 Å². The topological polar surface area (TPSA) is 40.5 Å². The molecule has 1 unspecified atom stereocenters. The van der Waals surface area contributed by atoms with Gasteiger partial charge in [-0.1, -0.05) is 54.6 Å². The fourth-order valence-electron chi connectivity index (χ4n) is 2.74. The third-order valence-electron chi connectivity index (χ3n) is 4.02. The molecule has 2 rings (SSSR count). The van der Waals surface area contributed by atoms with Gasteiger partial charge in [-0.05, 0) is 54.7 Å². The Labute approximate surface area is 138 Å². The number of aryl methyl sites for hydroxylation is 1.